The Hall–Kier alpha value is -3.59. The molecular weight excluding hydrogens is 402 g/mol. The fourth-order valence-corrected chi connectivity index (χ4v) is 3.84. The minimum absolute atomic E-state index is 0.254. The minimum Gasteiger partial charge on any atom is -0.497 e. The second kappa shape index (κ2) is 8.83. The van der Waals surface area contributed by atoms with Crippen molar-refractivity contribution in [3.63, 3.8) is 0 Å². The number of anilines is 1. The molecule has 0 spiro atoms. The maximum absolute atomic E-state index is 12.7. The predicted octanol–water partition coefficient (Wildman–Crippen LogP) is 3.91. The number of ether oxygens (including phenoxy) is 2. The predicted molar refractivity (Wildman–Crippen MR) is 115 cm³/mol. The number of rotatable bonds is 7. The SMILES string of the molecule is COc1ccc(C(=O)Nc2cccc(CSc3ncnc4[nH]ncc34)c2)c(OC)c1. The van der Waals surface area contributed by atoms with E-state index in [0.29, 0.717) is 34.1 Å². The molecule has 152 valence electrons. The zero-order valence-electron chi connectivity index (χ0n) is 16.4. The molecule has 4 aromatic rings. The number of aromatic nitrogens is 4. The van der Waals surface area contributed by atoms with Crippen molar-refractivity contribution < 1.29 is 14.3 Å². The van der Waals surface area contributed by atoms with Gasteiger partial charge in [0.15, 0.2) is 5.65 Å². The molecule has 2 N–H and O–H groups in total. The van der Waals surface area contributed by atoms with E-state index in [9.17, 15) is 4.79 Å². The summed E-state index contributed by atoms with van der Waals surface area (Å²) >= 11 is 1.58. The van der Waals surface area contributed by atoms with Gasteiger partial charge in [0, 0.05) is 17.5 Å². The lowest BCUT2D eigenvalue weighted by atomic mass is 10.1. The van der Waals surface area contributed by atoms with Crippen molar-refractivity contribution in [2.75, 3.05) is 19.5 Å². The number of fused-ring (bicyclic) bond motifs is 1. The summed E-state index contributed by atoms with van der Waals surface area (Å²) in [5, 5.41) is 11.5. The molecule has 9 heteroatoms. The van der Waals surface area contributed by atoms with E-state index in [1.54, 1.807) is 43.3 Å². The molecule has 0 saturated heterocycles. The summed E-state index contributed by atoms with van der Waals surface area (Å²) in [4.78, 5) is 21.2. The molecule has 30 heavy (non-hydrogen) atoms. The van der Waals surface area contributed by atoms with Crippen LogP contribution >= 0.6 is 11.8 Å². The maximum Gasteiger partial charge on any atom is 0.259 e. The van der Waals surface area contributed by atoms with E-state index in [1.165, 1.54) is 13.4 Å². The van der Waals surface area contributed by atoms with E-state index in [4.69, 9.17) is 9.47 Å². The first-order valence-electron chi connectivity index (χ1n) is 9.07. The molecule has 0 unspecified atom stereocenters. The van der Waals surface area contributed by atoms with Gasteiger partial charge in [0.25, 0.3) is 5.91 Å². The number of carbonyl (C=O) groups excluding carboxylic acids is 1. The number of benzene rings is 2. The Kier molecular flexibility index (Phi) is 5.80. The molecule has 0 bridgehead atoms. The molecule has 0 aliphatic rings. The second-order valence-corrected chi connectivity index (χ2v) is 7.28. The standard InChI is InChI=1S/C21H19N5O3S/c1-28-15-6-7-16(18(9-15)29-2)20(27)25-14-5-3-4-13(8-14)11-30-21-17-10-24-26-19(17)22-12-23-21/h3-10,12H,11H2,1-2H3,(H,25,27)(H,22,23,24,26). The van der Waals surface area contributed by atoms with Gasteiger partial charge >= 0.3 is 0 Å². The van der Waals surface area contributed by atoms with Crippen LogP contribution in [0.3, 0.4) is 0 Å². The van der Waals surface area contributed by atoms with Gasteiger partial charge in [-0.15, -0.1) is 11.8 Å². The second-order valence-electron chi connectivity index (χ2n) is 6.32. The monoisotopic (exact) mass is 421 g/mol. The summed E-state index contributed by atoms with van der Waals surface area (Å²) in [5.41, 5.74) is 2.89. The molecule has 2 heterocycles. The number of amides is 1. The fourth-order valence-electron chi connectivity index (χ4n) is 2.93. The van der Waals surface area contributed by atoms with Gasteiger partial charge in [-0.25, -0.2) is 9.97 Å². The van der Waals surface area contributed by atoms with Gasteiger partial charge in [-0.2, -0.15) is 5.10 Å². The first-order chi connectivity index (χ1) is 14.7. The molecule has 2 aromatic heterocycles. The Morgan fingerprint density at radius 3 is 2.87 bits per heavy atom. The van der Waals surface area contributed by atoms with Crippen LogP contribution in [0.15, 0.2) is 60.0 Å². The van der Waals surface area contributed by atoms with Crippen LogP contribution in [0, 0.1) is 0 Å². The highest BCUT2D eigenvalue weighted by Crippen LogP contribution is 2.28. The van der Waals surface area contributed by atoms with E-state index in [2.05, 4.69) is 25.5 Å². The topological polar surface area (TPSA) is 102 Å². The Morgan fingerprint density at radius 1 is 1.13 bits per heavy atom. The smallest absolute Gasteiger partial charge is 0.259 e. The highest BCUT2D eigenvalue weighted by molar-refractivity contribution is 7.98. The van der Waals surface area contributed by atoms with Crippen LogP contribution < -0.4 is 14.8 Å². The van der Waals surface area contributed by atoms with Gasteiger partial charge in [0.05, 0.1) is 31.4 Å². The lowest BCUT2D eigenvalue weighted by molar-refractivity contribution is 0.102. The van der Waals surface area contributed by atoms with Gasteiger partial charge in [0.1, 0.15) is 22.9 Å². The molecular formula is C21H19N5O3S. The number of carbonyl (C=O) groups is 1. The number of hydrogen-bond donors (Lipinski definition) is 2. The summed E-state index contributed by atoms with van der Waals surface area (Å²) in [6.07, 6.45) is 3.23. The number of hydrogen-bond acceptors (Lipinski definition) is 7. The third-order valence-electron chi connectivity index (χ3n) is 4.43. The van der Waals surface area contributed by atoms with Gasteiger partial charge in [-0.3, -0.25) is 9.89 Å². The Morgan fingerprint density at radius 2 is 2.03 bits per heavy atom. The first kappa shape index (κ1) is 19.7. The molecule has 0 aliphatic heterocycles. The largest absolute Gasteiger partial charge is 0.497 e. The summed E-state index contributed by atoms with van der Waals surface area (Å²) in [6.45, 7) is 0. The van der Waals surface area contributed by atoms with Crippen molar-refractivity contribution in [1.29, 1.82) is 0 Å². The Bertz CT molecular complexity index is 1190. The van der Waals surface area contributed by atoms with Crippen LogP contribution in [0.2, 0.25) is 0 Å². The Labute approximate surface area is 177 Å². The zero-order chi connectivity index (χ0) is 20.9. The maximum atomic E-state index is 12.7. The van der Waals surface area contributed by atoms with Crippen molar-refractivity contribution in [3.8, 4) is 11.5 Å². The fraction of sp³-hybridized carbons (Fsp3) is 0.143. The van der Waals surface area contributed by atoms with Crippen LogP contribution in [-0.4, -0.2) is 40.3 Å². The number of aromatic amines is 1. The molecule has 2 aromatic carbocycles. The normalized spacial score (nSPS) is 10.7. The van der Waals surface area contributed by atoms with Gasteiger partial charge in [-0.1, -0.05) is 12.1 Å². The van der Waals surface area contributed by atoms with Gasteiger partial charge < -0.3 is 14.8 Å². The zero-order valence-corrected chi connectivity index (χ0v) is 17.2. The minimum atomic E-state index is -0.254. The highest BCUT2D eigenvalue weighted by atomic mass is 32.2. The number of thioether (sulfide) groups is 1. The van der Waals surface area contributed by atoms with Crippen molar-refractivity contribution in [2.45, 2.75) is 10.8 Å². The molecule has 4 rings (SSSR count). The molecule has 0 saturated carbocycles. The molecule has 8 nitrogen and oxygen atoms in total. The van der Waals surface area contributed by atoms with E-state index in [0.717, 1.165) is 16.0 Å². The number of H-pyrrole nitrogens is 1. The van der Waals surface area contributed by atoms with Crippen molar-refractivity contribution >= 4 is 34.4 Å². The van der Waals surface area contributed by atoms with E-state index < -0.39 is 0 Å². The van der Waals surface area contributed by atoms with E-state index >= 15 is 0 Å². The molecule has 0 aliphatic carbocycles. The lowest BCUT2D eigenvalue weighted by Gasteiger charge is -2.11. The van der Waals surface area contributed by atoms with E-state index in [1.807, 2.05) is 24.3 Å². The van der Waals surface area contributed by atoms with Crippen LogP contribution in [0.5, 0.6) is 11.5 Å². The average molecular weight is 421 g/mol. The molecule has 0 radical (unpaired) electrons. The van der Waals surface area contributed by atoms with Crippen LogP contribution in [-0.2, 0) is 5.75 Å². The number of methoxy groups -OCH3 is 2. The van der Waals surface area contributed by atoms with Crippen LogP contribution in [0.25, 0.3) is 11.0 Å². The third-order valence-corrected chi connectivity index (χ3v) is 5.50. The third kappa shape index (κ3) is 4.20. The van der Waals surface area contributed by atoms with E-state index in [-0.39, 0.29) is 5.91 Å². The van der Waals surface area contributed by atoms with Crippen LogP contribution in [0.1, 0.15) is 15.9 Å². The number of nitrogens with one attached hydrogen (secondary N) is 2. The lowest BCUT2D eigenvalue weighted by Crippen LogP contribution is -2.13. The van der Waals surface area contributed by atoms with Crippen molar-refractivity contribution in [2.24, 2.45) is 0 Å². The summed E-state index contributed by atoms with van der Waals surface area (Å²) in [5.74, 6) is 1.51. The summed E-state index contributed by atoms with van der Waals surface area (Å²) in [7, 11) is 3.09. The van der Waals surface area contributed by atoms with Gasteiger partial charge in [0.2, 0.25) is 0 Å². The highest BCUT2D eigenvalue weighted by Gasteiger charge is 2.14. The van der Waals surface area contributed by atoms with Gasteiger partial charge in [-0.05, 0) is 29.8 Å². The number of nitrogens with zero attached hydrogens (tertiary/aromatic N) is 3. The first-order valence-corrected chi connectivity index (χ1v) is 10.1. The van der Waals surface area contributed by atoms with Crippen molar-refractivity contribution in [3.05, 3.63) is 66.1 Å². The molecule has 0 atom stereocenters. The van der Waals surface area contributed by atoms with Crippen molar-refractivity contribution in [1.82, 2.24) is 20.2 Å². The quantitative estimate of drug-likeness (QED) is 0.344. The summed E-state index contributed by atoms with van der Waals surface area (Å²) in [6, 6.07) is 12.8. The average Bonchev–Trinajstić information content (AvgIpc) is 3.27. The molecule has 1 amide bonds. The van der Waals surface area contributed by atoms with Crippen LogP contribution in [0.4, 0.5) is 5.69 Å². The Balaban J connectivity index is 1.47. The summed E-state index contributed by atoms with van der Waals surface area (Å²) < 4.78 is 10.5. The molecule has 0 fully saturated rings.